The third kappa shape index (κ3) is 5.50. The van der Waals surface area contributed by atoms with Gasteiger partial charge in [0.15, 0.2) is 0 Å². The van der Waals surface area contributed by atoms with E-state index in [1.165, 1.54) is 12.0 Å². The number of hydrogen-bond donors (Lipinski definition) is 0. The van der Waals surface area contributed by atoms with Gasteiger partial charge in [-0.05, 0) is 57.3 Å². The van der Waals surface area contributed by atoms with Crippen molar-refractivity contribution in [2.24, 2.45) is 17.8 Å². The van der Waals surface area contributed by atoms with E-state index >= 15 is 0 Å². The van der Waals surface area contributed by atoms with Gasteiger partial charge in [-0.1, -0.05) is 0 Å². The summed E-state index contributed by atoms with van der Waals surface area (Å²) in [5, 5.41) is 0. The summed E-state index contributed by atoms with van der Waals surface area (Å²) < 4.78 is 43.2. The molecule has 182 valence electrons. The van der Waals surface area contributed by atoms with Crippen LogP contribution in [-0.2, 0) is 23.8 Å². The molecule has 2 aliphatic heterocycles. The first-order valence-corrected chi connectivity index (χ1v) is 11.5. The minimum Gasteiger partial charge on any atom is -0.465 e. The van der Waals surface area contributed by atoms with Gasteiger partial charge < -0.3 is 14.2 Å². The minimum absolute atomic E-state index is 0.134. The van der Waals surface area contributed by atoms with E-state index in [-0.39, 0.29) is 31.0 Å². The molecule has 10 heteroatoms. The van der Waals surface area contributed by atoms with Crippen LogP contribution in [0.2, 0.25) is 0 Å². The number of alkyl halides is 2. The van der Waals surface area contributed by atoms with Gasteiger partial charge in [0.2, 0.25) is 0 Å². The third-order valence-electron chi connectivity index (χ3n) is 6.97. The van der Waals surface area contributed by atoms with Crippen molar-refractivity contribution in [1.29, 1.82) is 0 Å². The number of piperidine rings is 1. The molecule has 0 aromatic rings. The van der Waals surface area contributed by atoms with E-state index in [9.17, 15) is 23.2 Å². The maximum atomic E-state index is 14.1. The molecule has 0 bridgehead atoms. The molecule has 2 saturated heterocycles. The van der Waals surface area contributed by atoms with Gasteiger partial charge in [-0.3, -0.25) is 14.6 Å². The average molecular weight is 461 g/mol. The second kappa shape index (κ2) is 10.3. The van der Waals surface area contributed by atoms with Crippen molar-refractivity contribution in [3.63, 3.8) is 0 Å². The lowest BCUT2D eigenvalue weighted by molar-refractivity contribution is -0.153. The van der Waals surface area contributed by atoms with Gasteiger partial charge >= 0.3 is 18.0 Å². The number of amides is 1. The lowest BCUT2D eigenvalue weighted by Crippen LogP contribution is -2.55. The first-order valence-electron chi connectivity index (χ1n) is 11.5. The summed E-state index contributed by atoms with van der Waals surface area (Å²) in [5.41, 5.74) is 0. The maximum absolute atomic E-state index is 14.1. The molecule has 8 nitrogen and oxygen atoms in total. The summed E-state index contributed by atoms with van der Waals surface area (Å²) in [6.45, 7) is 4.13. The molecule has 0 spiro atoms. The van der Waals surface area contributed by atoms with E-state index in [4.69, 9.17) is 14.2 Å². The summed E-state index contributed by atoms with van der Waals surface area (Å²) in [4.78, 5) is 40.0. The predicted octanol–water partition coefficient (Wildman–Crippen LogP) is 2.70. The number of carbonyl (C=O) groups excluding carboxylic acids is 3. The molecule has 1 aliphatic carbocycles. The van der Waals surface area contributed by atoms with E-state index in [0.29, 0.717) is 19.5 Å². The Balaban J connectivity index is 1.66. The second-order valence-corrected chi connectivity index (χ2v) is 9.08. The number of carbonyl (C=O) groups is 3. The number of ether oxygens (including phenoxy) is 3. The van der Waals surface area contributed by atoms with Crippen molar-refractivity contribution in [3.8, 4) is 0 Å². The average Bonchev–Trinajstić information content (AvgIpc) is 3.06. The van der Waals surface area contributed by atoms with E-state index in [0.717, 1.165) is 19.3 Å². The topological polar surface area (TPSA) is 85.4 Å². The zero-order valence-electron chi connectivity index (χ0n) is 19.1. The van der Waals surface area contributed by atoms with Gasteiger partial charge in [-0.25, -0.2) is 18.4 Å². The highest BCUT2D eigenvalue weighted by atomic mass is 19.3. The van der Waals surface area contributed by atoms with Crippen LogP contribution in [0.4, 0.5) is 13.6 Å². The van der Waals surface area contributed by atoms with Crippen molar-refractivity contribution < 1.29 is 37.4 Å². The van der Waals surface area contributed by atoms with Crippen LogP contribution in [0, 0.1) is 17.8 Å². The Morgan fingerprint density at radius 2 is 1.62 bits per heavy atom. The fraction of sp³-hybridized carbons (Fsp3) is 0.864. The molecule has 1 amide bonds. The smallest absolute Gasteiger partial charge is 0.410 e. The molecular weight excluding hydrogens is 426 g/mol. The molecule has 3 rings (SSSR count). The zero-order chi connectivity index (χ0) is 23.5. The van der Waals surface area contributed by atoms with E-state index < -0.39 is 49.0 Å². The summed E-state index contributed by atoms with van der Waals surface area (Å²) in [6.07, 6.45) is 1.81. The highest BCUT2D eigenvalue weighted by Crippen LogP contribution is 2.43. The van der Waals surface area contributed by atoms with Crippen molar-refractivity contribution in [3.05, 3.63) is 0 Å². The Bertz CT molecular complexity index is 706. The highest BCUT2D eigenvalue weighted by Gasteiger charge is 2.50. The summed E-state index contributed by atoms with van der Waals surface area (Å²) in [7, 11) is 1.29. The van der Waals surface area contributed by atoms with Gasteiger partial charge in [-0.2, -0.15) is 0 Å². The van der Waals surface area contributed by atoms with Crippen LogP contribution in [0.25, 0.3) is 0 Å². The first-order chi connectivity index (χ1) is 15.2. The molecule has 0 radical (unpaired) electrons. The molecule has 32 heavy (non-hydrogen) atoms. The van der Waals surface area contributed by atoms with Gasteiger partial charge in [-0.15, -0.1) is 0 Å². The Labute approximate surface area is 187 Å². The number of halogens is 2. The quantitative estimate of drug-likeness (QED) is 0.445. The molecule has 0 aromatic heterocycles. The Morgan fingerprint density at radius 3 is 2.25 bits per heavy atom. The highest BCUT2D eigenvalue weighted by molar-refractivity contribution is 5.81. The lowest BCUT2D eigenvalue weighted by Gasteiger charge is -2.46. The van der Waals surface area contributed by atoms with Crippen LogP contribution in [-0.4, -0.2) is 85.8 Å². The van der Waals surface area contributed by atoms with Crippen molar-refractivity contribution in [2.45, 2.75) is 64.0 Å². The lowest BCUT2D eigenvalue weighted by atomic mass is 9.69. The van der Waals surface area contributed by atoms with E-state index in [2.05, 4.69) is 0 Å². The number of methoxy groups -OCH3 is 1. The van der Waals surface area contributed by atoms with E-state index in [1.807, 2.05) is 0 Å². The predicted molar refractivity (Wildman–Crippen MR) is 110 cm³/mol. The largest absolute Gasteiger partial charge is 0.465 e. The monoisotopic (exact) mass is 460 g/mol. The van der Waals surface area contributed by atoms with Crippen LogP contribution in [0.5, 0.6) is 0 Å². The molecule has 0 aromatic carbocycles. The Morgan fingerprint density at radius 1 is 0.969 bits per heavy atom. The fourth-order valence-electron chi connectivity index (χ4n) is 5.57. The summed E-state index contributed by atoms with van der Waals surface area (Å²) in [5.74, 6) is -3.41. The Hall–Kier alpha value is -1.97. The van der Waals surface area contributed by atoms with Gasteiger partial charge in [0, 0.05) is 19.5 Å². The van der Waals surface area contributed by atoms with Crippen LogP contribution in [0.15, 0.2) is 0 Å². The minimum atomic E-state index is -2.91. The number of fused-ring (bicyclic) bond motifs is 1. The van der Waals surface area contributed by atoms with Crippen LogP contribution in [0.1, 0.15) is 46.0 Å². The van der Waals surface area contributed by atoms with Gasteiger partial charge in [0.1, 0.15) is 12.1 Å². The van der Waals surface area contributed by atoms with Crippen molar-refractivity contribution in [1.82, 2.24) is 9.80 Å². The molecule has 1 saturated carbocycles. The third-order valence-corrected chi connectivity index (χ3v) is 6.97. The summed E-state index contributed by atoms with van der Waals surface area (Å²) >= 11 is 0. The molecule has 2 heterocycles. The number of likely N-dealkylation sites (tertiary alicyclic amines) is 2. The summed E-state index contributed by atoms with van der Waals surface area (Å²) in [6, 6.07) is -1.62. The Kier molecular flexibility index (Phi) is 7.95. The number of rotatable bonds is 6. The molecule has 4 unspecified atom stereocenters. The zero-order valence-corrected chi connectivity index (χ0v) is 19.1. The van der Waals surface area contributed by atoms with E-state index in [1.54, 1.807) is 18.7 Å². The standard InChI is InChI=1S/C22H34F2N2O6/c1-4-31-19(27)17-9-16-8-14(6-7-15(16)12-26(17)21(29)30-3)11-25-13-22(23,24)10-18(25)20(28)32-5-2/h14-18H,4-13H2,1-3H3/t14?,15?,16?,17?,18-/m1/s1. The molecule has 5 atom stereocenters. The first kappa shape index (κ1) is 24.7. The second-order valence-electron chi connectivity index (χ2n) is 9.08. The van der Waals surface area contributed by atoms with Crippen LogP contribution in [0.3, 0.4) is 0 Å². The molecule has 0 N–H and O–H groups in total. The van der Waals surface area contributed by atoms with Gasteiger partial charge in [0.25, 0.3) is 5.92 Å². The van der Waals surface area contributed by atoms with Gasteiger partial charge in [0.05, 0.1) is 26.9 Å². The van der Waals surface area contributed by atoms with Crippen molar-refractivity contribution in [2.75, 3.05) is 40.0 Å². The van der Waals surface area contributed by atoms with Crippen molar-refractivity contribution >= 4 is 18.0 Å². The van der Waals surface area contributed by atoms with Crippen LogP contribution >= 0.6 is 0 Å². The maximum Gasteiger partial charge on any atom is 0.410 e. The number of hydrogen-bond acceptors (Lipinski definition) is 7. The fourth-order valence-corrected chi connectivity index (χ4v) is 5.57. The molecular formula is C22H34F2N2O6. The normalized spacial score (nSPS) is 32.2. The number of esters is 2. The SMILES string of the molecule is CCOC(=O)C1CC2CC(CN3CC(F)(F)C[C@@H]3C(=O)OCC)CCC2CN1C(=O)OC. The molecule has 3 fully saturated rings. The van der Waals surface area contributed by atoms with Crippen LogP contribution < -0.4 is 0 Å². The molecule has 3 aliphatic rings. The number of nitrogens with zero attached hydrogens (tertiary/aromatic N) is 2.